The Balaban J connectivity index is 2.01. The predicted molar refractivity (Wildman–Crippen MR) is 91.4 cm³/mol. The highest BCUT2D eigenvalue weighted by molar-refractivity contribution is 6.01. The molecule has 0 spiro atoms. The number of nitrogens with one attached hydrogen (secondary N) is 1. The van der Waals surface area contributed by atoms with Gasteiger partial charge in [0.1, 0.15) is 11.7 Å². The smallest absolute Gasteiger partial charge is 0.297 e. The van der Waals surface area contributed by atoms with E-state index < -0.39 is 46.7 Å². The number of hydrogen-bond acceptors (Lipinski definition) is 6. The largest absolute Gasteiger partial charge is 0.385 e. The molecule has 1 aliphatic rings. The number of aliphatic imine (C=N–C) groups is 1. The molecular weight excluding hydrogens is 382 g/mol. The number of halogens is 4. The first kappa shape index (κ1) is 19.8. The maximum atomic E-state index is 14.8. The number of hydrogen-bond donors (Lipinski definition) is 2. The van der Waals surface area contributed by atoms with Gasteiger partial charge in [0.05, 0.1) is 6.42 Å². The summed E-state index contributed by atoms with van der Waals surface area (Å²) in [6.45, 7) is 3.33. The zero-order valence-corrected chi connectivity index (χ0v) is 15.2. The van der Waals surface area contributed by atoms with Crippen molar-refractivity contribution in [3.63, 3.8) is 0 Å². The fourth-order valence-corrected chi connectivity index (χ4v) is 2.93. The van der Waals surface area contributed by atoms with Gasteiger partial charge in [-0.1, -0.05) is 5.16 Å². The van der Waals surface area contributed by atoms with Gasteiger partial charge < -0.3 is 15.6 Å². The van der Waals surface area contributed by atoms with E-state index in [1.54, 1.807) is 0 Å². The standard InChI is InChI=1S/C17H17F4N5O2/c1-8-23-12(26-28-8)13(27)24-9-4-5-11(18)10(6-9)16(3)17(20,21)7-15(2,19)14(22)25-16/h4-6H,7H2,1-3H3,(H2,22,25)(H,24,27)/t15-,16-/m1/s1. The molecule has 28 heavy (non-hydrogen) atoms. The van der Waals surface area contributed by atoms with Crippen LogP contribution in [0.4, 0.5) is 23.2 Å². The molecule has 0 fully saturated rings. The van der Waals surface area contributed by atoms with E-state index in [0.29, 0.717) is 0 Å². The van der Waals surface area contributed by atoms with E-state index in [1.807, 2.05) is 0 Å². The van der Waals surface area contributed by atoms with E-state index in [0.717, 1.165) is 26.0 Å². The Morgan fingerprint density at radius 2 is 1.96 bits per heavy atom. The minimum atomic E-state index is -3.74. The molecule has 150 valence electrons. The lowest BCUT2D eigenvalue weighted by molar-refractivity contribution is -0.106. The molecule has 2 heterocycles. The van der Waals surface area contributed by atoms with Crippen LogP contribution in [0.1, 0.15) is 42.3 Å². The van der Waals surface area contributed by atoms with Crippen LogP contribution < -0.4 is 11.1 Å². The van der Waals surface area contributed by atoms with Crippen molar-refractivity contribution >= 4 is 17.4 Å². The van der Waals surface area contributed by atoms with Crippen molar-refractivity contribution in [1.29, 1.82) is 0 Å². The summed E-state index contributed by atoms with van der Waals surface area (Å²) in [5, 5.41) is 5.79. The first-order chi connectivity index (χ1) is 12.9. The monoisotopic (exact) mass is 399 g/mol. The Morgan fingerprint density at radius 1 is 1.29 bits per heavy atom. The quantitative estimate of drug-likeness (QED) is 0.772. The van der Waals surface area contributed by atoms with Crippen molar-refractivity contribution < 1.29 is 26.9 Å². The molecule has 11 heteroatoms. The number of aryl methyl sites for hydroxylation is 1. The highest BCUT2D eigenvalue weighted by Gasteiger charge is 2.60. The molecule has 0 saturated heterocycles. The van der Waals surface area contributed by atoms with E-state index >= 15 is 0 Å². The summed E-state index contributed by atoms with van der Waals surface area (Å²) < 4.78 is 62.9. The minimum absolute atomic E-state index is 0.0109. The van der Waals surface area contributed by atoms with Gasteiger partial charge in [0, 0.05) is 18.2 Å². The molecule has 0 bridgehead atoms. The van der Waals surface area contributed by atoms with Crippen LogP contribution in [0.5, 0.6) is 0 Å². The van der Waals surface area contributed by atoms with Crippen LogP contribution in [0.3, 0.4) is 0 Å². The van der Waals surface area contributed by atoms with E-state index in [4.69, 9.17) is 5.73 Å². The van der Waals surface area contributed by atoms with Gasteiger partial charge in [0.25, 0.3) is 17.7 Å². The predicted octanol–water partition coefficient (Wildman–Crippen LogP) is 3.11. The van der Waals surface area contributed by atoms with E-state index in [-0.39, 0.29) is 17.4 Å². The van der Waals surface area contributed by atoms with Gasteiger partial charge in [-0.3, -0.25) is 9.79 Å². The first-order valence-electron chi connectivity index (χ1n) is 8.20. The maximum Gasteiger partial charge on any atom is 0.297 e. The number of aromatic nitrogens is 2. The van der Waals surface area contributed by atoms with Crippen molar-refractivity contribution in [2.24, 2.45) is 10.7 Å². The number of anilines is 1. The lowest BCUT2D eigenvalue weighted by Gasteiger charge is -2.42. The van der Waals surface area contributed by atoms with Crippen LogP contribution in [0.25, 0.3) is 0 Å². The molecule has 7 nitrogen and oxygen atoms in total. The third kappa shape index (κ3) is 3.20. The van der Waals surface area contributed by atoms with Crippen molar-refractivity contribution in [2.45, 2.75) is 44.3 Å². The fourth-order valence-electron chi connectivity index (χ4n) is 2.93. The van der Waals surface area contributed by atoms with Crippen molar-refractivity contribution in [3.05, 3.63) is 41.3 Å². The molecule has 1 aromatic carbocycles. The number of nitrogens with two attached hydrogens (primary N) is 1. The molecule has 2 aromatic rings. The lowest BCUT2D eigenvalue weighted by atomic mass is 9.77. The third-order valence-corrected chi connectivity index (χ3v) is 4.62. The SMILES string of the molecule is Cc1nc(C(=O)Nc2ccc(F)c([C@@]3(C)N=C(N)[C@](C)(F)CC3(F)F)c2)no1. The van der Waals surface area contributed by atoms with E-state index in [2.05, 4.69) is 25.0 Å². The van der Waals surface area contributed by atoms with Crippen molar-refractivity contribution in [3.8, 4) is 0 Å². The second-order valence-electron chi connectivity index (χ2n) is 6.93. The zero-order chi connectivity index (χ0) is 20.9. The Morgan fingerprint density at radius 3 is 2.57 bits per heavy atom. The van der Waals surface area contributed by atoms with Gasteiger partial charge in [-0.25, -0.2) is 17.6 Å². The molecule has 1 amide bonds. The molecule has 3 rings (SSSR count). The second kappa shape index (κ2) is 6.28. The number of carbonyl (C=O) groups is 1. The number of alkyl halides is 3. The van der Waals surface area contributed by atoms with E-state index in [1.165, 1.54) is 13.0 Å². The fraction of sp³-hybridized carbons (Fsp3) is 0.412. The molecule has 1 aliphatic heterocycles. The van der Waals surface area contributed by atoms with Gasteiger partial charge in [-0.05, 0) is 32.0 Å². The molecular formula is C17H17F4N5O2. The first-order valence-corrected chi connectivity index (χ1v) is 8.20. The molecule has 2 atom stereocenters. The summed E-state index contributed by atoms with van der Waals surface area (Å²) in [6.07, 6.45) is -1.26. The molecule has 0 aliphatic carbocycles. The average molecular weight is 399 g/mol. The van der Waals surface area contributed by atoms with Crippen LogP contribution in [-0.2, 0) is 5.54 Å². The summed E-state index contributed by atoms with van der Waals surface area (Å²) >= 11 is 0. The highest BCUT2D eigenvalue weighted by atomic mass is 19.3. The van der Waals surface area contributed by atoms with Crippen LogP contribution >= 0.6 is 0 Å². The Bertz CT molecular complexity index is 972. The lowest BCUT2D eigenvalue weighted by Crippen LogP contribution is -2.56. The summed E-state index contributed by atoms with van der Waals surface area (Å²) in [7, 11) is 0. The van der Waals surface area contributed by atoms with Gasteiger partial charge in [0.15, 0.2) is 11.2 Å². The topological polar surface area (TPSA) is 106 Å². The van der Waals surface area contributed by atoms with Gasteiger partial charge in [0.2, 0.25) is 5.89 Å². The Kier molecular flexibility index (Phi) is 4.43. The summed E-state index contributed by atoms with van der Waals surface area (Å²) in [5.74, 6) is -6.32. The van der Waals surface area contributed by atoms with Gasteiger partial charge in [-0.2, -0.15) is 4.98 Å². The molecule has 0 unspecified atom stereocenters. The number of amidine groups is 1. The third-order valence-electron chi connectivity index (χ3n) is 4.62. The minimum Gasteiger partial charge on any atom is -0.385 e. The summed E-state index contributed by atoms with van der Waals surface area (Å²) in [4.78, 5) is 19.5. The van der Waals surface area contributed by atoms with Crippen molar-refractivity contribution in [2.75, 3.05) is 5.32 Å². The number of amides is 1. The average Bonchev–Trinajstić information content (AvgIpc) is 3.01. The zero-order valence-electron chi connectivity index (χ0n) is 15.2. The number of rotatable bonds is 3. The van der Waals surface area contributed by atoms with Gasteiger partial charge in [-0.15, -0.1) is 0 Å². The van der Waals surface area contributed by atoms with E-state index in [9.17, 15) is 22.4 Å². The van der Waals surface area contributed by atoms with Gasteiger partial charge >= 0.3 is 0 Å². The number of benzene rings is 1. The summed E-state index contributed by atoms with van der Waals surface area (Å²) in [6, 6.07) is 3.05. The van der Waals surface area contributed by atoms with Crippen LogP contribution in [-0.4, -0.2) is 33.5 Å². The highest BCUT2D eigenvalue weighted by Crippen LogP contribution is 2.50. The normalized spacial score (nSPS) is 26.6. The molecule has 3 N–H and O–H groups in total. The van der Waals surface area contributed by atoms with Crippen molar-refractivity contribution in [1.82, 2.24) is 10.1 Å². The Hall–Kier alpha value is -2.98. The van der Waals surface area contributed by atoms with Crippen LogP contribution in [0.15, 0.2) is 27.7 Å². The number of nitrogens with zero attached hydrogens (tertiary/aromatic N) is 3. The summed E-state index contributed by atoms with van der Waals surface area (Å²) in [5.41, 5.74) is -0.0262. The molecule has 0 radical (unpaired) electrons. The number of carbonyl (C=O) groups excluding carboxylic acids is 1. The maximum absolute atomic E-state index is 14.8. The molecule has 1 aromatic heterocycles. The van der Waals surface area contributed by atoms with Crippen LogP contribution in [0, 0.1) is 12.7 Å². The molecule has 0 saturated carbocycles. The van der Waals surface area contributed by atoms with Crippen LogP contribution in [0.2, 0.25) is 0 Å². The Labute approximate surface area is 157 Å². The second-order valence-corrected chi connectivity index (χ2v) is 6.93.